The molecule has 14 heavy (non-hydrogen) atoms. The molecule has 0 saturated carbocycles. The van der Waals surface area contributed by atoms with Crippen molar-refractivity contribution in [3.05, 3.63) is 24.3 Å². The lowest BCUT2D eigenvalue weighted by atomic mass is 10.3. The van der Waals surface area contributed by atoms with Gasteiger partial charge in [-0.2, -0.15) is 0 Å². The molecule has 0 atom stereocenters. The van der Waals surface area contributed by atoms with E-state index < -0.39 is 0 Å². The number of hydrogen-bond acceptors (Lipinski definition) is 3. The minimum atomic E-state index is 0.840. The Hall–Kier alpha value is -0.670. The molecule has 0 aliphatic rings. The summed E-state index contributed by atoms with van der Waals surface area (Å²) in [5, 5.41) is 0. The van der Waals surface area contributed by atoms with Crippen LogP contribution in [0.3, 0.4) is 0 Å². The summed E-state index contributed by atoms with van der Waals surface area (Å²) in [6.45, 7) is 0.859. The number of benzene rings is 1. The number of rotatable bonds is 6. The van der Waals surface area contributed by atoms with Crippen molar-refractivity contribution in [2.45, 2.75) is 17.7 Å². The summed E-state index contributed by atoms with van der Waals surface area (Å²) in [4.78, 5) is 1.25. The molecule has 0 aliphatic carbocycles. The summed E-state index contributed by atoms with van der Waals surface area (Å²) in [6.07, 6.45) is 2.32. The van der Waals surface area contributed by atoms with E-state index in [1.807, 2.05) is 30.0 Å². The fraction of sp³-hybridized carbons (Fsp3) is 0.455. The number of thioether (sulfide) groups is 1. The van der Waals surface area contributed by atoms with Crippen LogP contribution in [-0.4, -0.2) is 19.5 Å². The Morgan fingerprint density at radius 1 is 1.36 bits per heavy atom. The second kappa shape index (κ2) is 6.74. The maximum Gasteiger partial charge on any atom is 0.0462 e. The van der Waals surface area contributed by atoms with Gasteiger partial charge in [-0.25, -0.2) is 0 Å². The number of unbranched alkanes of at least 4 members (excludes halogenated alkanes) is 1. The van der Waals surface area contributed by atoms with Gasteiger partial charge in [0.1, 0.15) is 0 Å². The third-order valence-electron chi connectivity index (χ3n) is 1.87. The average molecular weight is 211 g/mol. The first-order valence-corrected chi connectivity index (χ1v) is 5.79. The van der Waals surface area contributed by atoms with Crippen LogP contribution in [-0.2, 0) is 4.74 Å². The molecule has 1 rings (SSSR count). The predicted octanol–water partition coefficient (Wildman–Crippen LogP) is 2.79. The van der Waals surface area contributed by atoms with Gasteiger partial charge in [-0.05, 0) is 36.8 Å². The van der Waals surface area contributed by atoms with Gasteiger partial charge in [0.25, 0.3) is 0 Å². The third kappa shape index (κ3) is 4.53. The van der Waals surface area contributed by atoms with Gasteiger partial charge in [-0.1, -0.05) is 6.07 Å². The fourth-order valence-corrected chi connectivity index (χ4v) is 2.12. The summed E-state index contributed by atoms with van der Waals surface area (Å²) in [5.41, 5.74) is 6.52. The minimum absolute atomic E-state index is 0.840. The molecule has 0 radical (unpaired) electrons. The van der Waals surface area contributed by atoms with E-state index in [0.717, 1.165) is 24.5 Å². The molecule has 3 heteroatoms. The van der Waals surface area contributed by atoms with E-state index in [-0.39, 0.29) is 0 Å². The molecule has 0 bridgehead atoms. The van der Waals surface area contributed by atoms with Crippen LogP contribution in [0.15, 0.2) is 29.2 Å². The Labute approximate surface area is 89.8 Å². The van der Waals surface area contributed by atoms with E-state index in [1.54, 1.807) is 7.11 Å². The third-order valence-corrected chi connectivity index (χ3v) is 2.95. The molecule has 1 aromatic carbocycles. The molecular formula is C11H17NOS. The van der Waals surface area contributed by atoms with Crippen LogP contribution < -0.4 is 5.73 Å². The largest absolute Gasteiger partial charge is 0.399 e. The zero-order chi connectivity index (χ0) is 10.2. The minimum Gasteiger partial charge on any atom is -0.399 e. The molecule has 0 aliphatic heterocycles. The van der Waals surface area contributed by atoms with Crippen LogP contribution in [0.25, 0.3) is 0 Å². The molecule has 0 aromatic heterocycles. The van der Waals surface area contributed by atoms with Crippen LogP contribution in [0.5, 0.6) is 0 Å². The zero-order valence-electron chi connectivity index (χ0n) is 8.53. The molecule has 1 aromatic rings. The van der Waals surface area contributed by atoms with Gasteiger partial charge in [-0.15, -0.1) is 11.8 Å². The summed E-state index contributed by atoms with van der Waals surface area (Å²) in [7, 11) is 1.74. The first kappa shape index (κ1) is 11.4. The molecule has 78 valence electrons. The van der Waals surface area contributed by atoms with E-state index in [4.69, 9.17) is 10.5 Å². The van der Waals surface area contributed by atoms with Crippen LogP contribution >= 0.6 is 11.8 Å². The second-order valence-electron chi connectivity index (χ2n) is 3.12. The quantitative estimate of drug-likeness (QED) is 0.446. The van der Waals surface area contributed by atoms with Crippen LogP contribution in [0, 0.1) is 0 Å². The van der Waals surface area contributed by atoms with Crippen LogP contribution in [0.2, 0.25) is 0 Å². The van der Waals surface area contributed by atoms with Gasteiger partial charge < -0.3 is 10.5 Å². The topological polar surface area (TPSA) is 35.2 Å². The van der Waals surface area contributed by atoms with E-state index in [9.17, 15) is 0 Å². The lowest BCUT2D eigenvalue weighted by Crippen LogP contribution is -1.90. The maximum atomic E-state index is 5.68. The van der Waals surface area contributed by atoms with Crippen molar-refractivity contribution in [3.63, 3.8) is 0 Å². The Morgan fingerprint density at radius 2 is 2.21 bits per heavy atom. The Morgan fingerprint density at radius 3 is 2.93 bits per heavy atom. The number of hydrogen-bond donors (Lipinski definition) is 1. The summed E-state index contributed by atoms with van der Waals surface area (Å²) in [6, 6.07) is 8.01. The second-order valence-corrected chi connectivity index (χ2v) is 4.29. The highest BCUT2D eigenvalue weighted by molar-refractivity contribution is 7.99. The van der Waals surface area contributed by atoms with Gasteiger partial charge >= 0.3 is 0 Å². The summed E-state index contributed by atoms with van der Waals surface area (Å²) < 4.78 is 4.98. The Bertz CT molecular complexity index is 265. The normalized spacial score (nSPS) is 10.4. The molecule has 0 spiro atoms. The van der Waals surface area contributed by atoms with Crippen molar-refractivity contribution in [2.24, 2.45) is 0 Å². The number of methoxy groups -OCH3 is 1. The molecule has 0 amide bonds. The van der Waals surface area contributed by atoms with Crippen molar-refractivity contribution in [2.75, 3.05) is 25.2 Å². The van der Waals surface area contributed by atoms with Gasteiger partial charge in [-0.3, -0.25) is 0 Å². The molecule has 2 nitrogen and oxygen atoms in total. The SMILES string of the molecule is COCCCCSc1cccc(N)c1. The number of nitrogens with two attached hydrogens (primary N) is 1. The van der Waals surface area contributed by atoms with Crippen LogP contribution in [0.4, 0.5) is 5.69 Å². The number of nitrogen functional groups attached to an aromatic ring is 1. The molecule has 0 unspecified atom stereocenters. The van der Waals surface area contributed by atoms with Crippen molar-refractivity contribution >= 4 is 17.4 Å². The highest BCUT2D eigenvalue weighted by atomic mass is 32.2. The van der Waals surface area contributed by atoms with Crippen molar-refractivity contribution in [1.29, 1.82) is 0 Å². The van der Waals surface area contributed by atoms with Crippen molar-refractivity contribution < 1.29 is 4.74 Å². The summed E-state index contributed by atoms with van der Waals surface area (Å²) in [5.74, 6) is 1.13. The average Bonchev–Trinajstić information content (AvgIpc) is 2.18. The smallest absolute Gasteiger partial charge is 0.0462 e. The first-order valence-electron chi connectivity index (χ1n) is 4.80. The van der Waals surface area contributed by atoms with Gasteiger partial charge in [0.15, 0.2) is 0 Å². The van der Waals surface area contributed by atoms with E-state index in [0.29, 0.717) is 0 Å². The molecule has 0 saturated heterocycles. The van der Waals surface area contributed by atoms with Gasteiger partial charge in [0, 0.05) is 24.3 Å². The Balaban J connectivity index is 2.18. The lowest BCUT2D eigenvalue weighted by Gasteiger charge is -2.02. The summed E-state index contributed by atoms with van der Waals surface area (Å²) >= 11 is 1.85. The van der Waals surface area contributed by atoms with E-state index in [2.05, 4.69) is 6.07 Å². The number of anilines is 1. The van der Waals surface area contributed by atoms with Gasteiger partial charge in [0.05, 0.1) is 0 Å². The van der Waals surface area contributed by atoms with Crippen LogP contribution in [0.1, 0.15) is 12.8 Å². The first-order chi connectivity index (χ1) is 6.83. The van der Waals surface area contributed by atoms with Crippen molar-refractivity contribution in [1.82, 2.24) is 0 Å². The molecular weight excluding hydrogens is 194 g/mol. The predicted molar refractivity (Wildman–Crippen MR) is 62.7 cm³/mol. The van der Waals surface area contributed by atoms with E-state index in [1.165, 1.54) is 11.3 Å². The lowest BCUT2D eigenvalue weighted by molar-refractivity contribution is 0.194. The van der Waals surface area contributed by atoms with Crippen molar-refractivity contribution in [3.8, 4) is 0 Å². The molecule has 0 heterocycles. The highest BCUT2D eigenvalue weighted by Crippen LogP contribution is 2.21. The van der Waals surface area contributed by atoms with Gasteiger partial charge in [0.2, 0.25) is 0 Å². The molecule has 0 fully saturated rings. The maximum absolute atomic E-state index is 5.68. The fourth-order valence-electron chi connectivity index (χ4n) is 1.14. The number of ether oxygens (including phenoxy) is 1. The zero-order valence-corrected chi connectivity index (χ0v) is 9.35. The molecule has 2 N–H and O–H groups in total. The van der Waals surface area contributed by atoms with E-state index >= 15 is 0 Å². The Kier molecular flexibility index (Phi) is 5.49. The monoisotopic (exact) mass is 211 g/mol. The standard InChI is InChI=1S/C11H17NOS/c1-13-7-2-3-8-14-11-6-4-5-10(12)9-11/h4-6,9H,2-3,7-8,12H2,1H3. The highest BCUT2D eigenvalue weighted by Gasteiger charge is 1.94.